The Balaban J connectivity index is 1.50. The molecule has 0 unspecified atom stereocenters. The van der Waals surface area contributed by atoms with E-state index >= 15 is 0 Å². The first-order chi connectivity index (χ1) is 15.9. The fourth-order valence-corrected chi connectivity index (χ4v) is 3.32. The van der Waals surface area contributed by atoms with Crippen LogP contribution >= 0.6 is 11.6 Å². The molecule has 5 nitrogen and oxygen atoms in total. The number of anilines is 1. The summed E-state index contributed by atoms with van der Waals surface area (Å²) in [4.78, 5) is 24.1. The molecule has 3 rings (SSSR count). The molecule has 0 aromatic heterocycles. The Morgan fingerprint density at radius 2 is 1.67 bits per heavy atom. The van der Waals surface area contributed by atoms with Crippen molar-refractivity contribution in [1.29, 1.82) is 0 Å². The topological polar surface area (TPSA) is 64.6 Å². The van der Waals surface area contributed by atoms with Crippen LogP contribution in [0.25, 0.3) is 0 Å². The molecule has 0 heterocycles. The number of hydrogen-bond acceptors (Lipinski definition) is 4. The maximum absolute atomic E-state index is 12.2. The van der Waals surface area contributed by atoms with Crippen molar-refractivity contribution < 1.29 is 19.1 Å². The lowest BCUT2D eigenvalue weighted by molar-refractivity contribution is -0.143. The molecule has 0 spiro atoms. The molecule has 1 amide bonds. The van der Waals surface area contributed by atoms with E-state index in [0.29, 0.717) is 47.6 Å². The van der Waals surface area contributed by atoms with Crippen LogP contribution < -0.4 is 10.1 Å². The van der Waals surface area contributed by atoms with Crippen molar-refractivity contribution in [3.8, 4) is 11.5 Å². The average molecular weight is 466 g/mol. The number of ether oxygens (including phenoxy) is 2. The zero-order valence-electron chi connectivity index (χ0n) is 18.8. The van der Waals surface area contributed by atoms with Gasteiger partial charge in [0.05, 0.1) is 18.1 Å². The van der Waals surface area contributed by atoms with Gasteiger partial charge in [0.2, 0.25) is 5.91 Å². The Bertz CT molecular complexity index is 1070. The lowest BCUT2D eigenvalue weighted by Crippen LogP contribution is -2.12. The smallest absolute Gasteiger partial charge is 0.310 e. The van der Waals surface area contributed by atoms with E-state index in [1.54, 1.807) is 42.5 Å². The van der Waals surface area contributed by atoms with Crippen LogP contribution in [-0.2, 0) is 27.2 Å². The lowest BCUT2D eigenvalue weighted by Gasteiger charge is -2.11. The van der Waals surface area contributed by atoms with E-state index in [9.17, 15) is 9.59 Å². The SMILES string of the molecule is CC(C)COC(=O)Cc1ccc(Oc2ccc(NC(=O)CCc3ccccc3)cc2)c(Cl)c1. The Labute approximate surface area is 199 Å². The van der Waals surface area contributed by atoms with Crippen molar-refractivity contribution >= 4 is 29.2 Å². The molecule has 3 aromatic rings. The largest absolute Gasteiger partial charge is 0.465 e. The van der Waals surface area contributed by atoms with Gasteiger partial charge in [-0.1, -0.05) is 61.8 Å². The van der Waals surface area contributed by atoms with E-state index in [0.717, 1.165) is 11.1 Å². The minimum absolute atomic E-state index is 0.0434. The molecule has 0 aliphatic heterocycles. The van der Waals surface area contributed by atoms with Crippen LogP contribution in [0.3, 0.4) is 0 Å². The van der Waals surface area contributed by atoms with Crippen molar-refractivity contribution in [2.24, 2.45) is 5.92 Å². The van der Waals surface area contributed by atoms with Crippen LogP contribution in [0.5, 0.6) is 11.5 Å². The number of esters is 1. The third-order valence-corrected chi connectivity index (χ3v) is 5.07. The van der Waals surface area contributed by atoms with Gasteiger partial charge >= 0.3 is 5.97 Å². The van der Waals surface area contributed by atoms with Crippen molar-refractivity contribution in [3.05, 3.63) is 88.9 Å². The number of halogens is 1. The van der Waals surface area contributed by atoms with E-state index in [1.807, 2.05) is 44.2 Å². The molecule has 0 fully saturated rings. The second-order valence-electron chi connectivity index (χ2n) is 8.18. The predicted molar refractivity (Wildman–Crippen MR) is 131 cm³/mol. The highest BCUT2D eigenvalue weighted by Crippen LogP contribution is 2.31. The Morgan fingerprint density at radius 3 is 2.33 bits per heavy atom. The molecule has 0 radical (unpaired) electrons. The van der Waals surface area contributed by atoms with Gasteiger partial charge in [0.1, 0.15) is 11.5 Å². The molecule has 0 aliphatic carbocycles. The van der Waals surface area contributed by atoms with E-state index in [4.69, 9.17) is 21.1 Å². The first-order valence-electron chi connectivity index (χ1n) is 10.9. The second kappa shape index (κ2) is 12.1. The maximum atomic E-state index is 12.2. The van der Waals surface area contributed by atoms with Crippen molar-refractivity contribution in [2.45, 2.75) is 33.1 Å². The number of benzene rings is 3. The van der Waals surface area contributed by atoms with Crippen LogP contribution in [0, 0.1) is 5.92 Å². The van der Waals surface area contributed by atoms with E-state index in [2.05, 4.69) is 5.32 Å². The van der Waals surface area contributed by atoms with Crippen LogP contribution in [0.2, 0.25) is 5.02 Å². The first kappa shape index (κ1) is 24.3. The molecule has 0 saturated heterocycles. The predicted octanol–water partition coefficient (Wildman–Crippen LogP) is 6.45. The number of hydrogen-bond donors (Lipinski definition) is 1. The molecule has 33 heavy (non-hydrogen) atoms. The molecular formula is C27H28ClNO4. The number of rotatable bonds is 10. The number of carbonyl (C=O) groups is 2. The lowest BCUT2D eigenvalue weighted by atomic mass is 10.1. The monoisotopic (exact) mass is 465 g/mol. The van der Waals surface area contributed by atoms with E-state index < -0.39 is 0 Å². The molecule has 0 bridgehead atoms. The van der Waals surface area contributed by atoms with E-state index in [-0.39, 0.29) is 18.3 Å². The Hall–Kier alpha value is -3.31. The number of amides is 1. The standard InChI is InChI=1S/C27H28ClNO4/c1-19(2)18-32-27(31)17-21-8-14-25(24(28)16-21)33-23-12-10-22(11-13-23)29-26(30)15-9-20-6-4-3-5-7-20/h3-8,10-14,16,19H,9,15,17-18H2,1-2H3,(H,29,30). The Kier molecular flexibility index (Phi) is 8.90. The van der Waals surface area contributed by atoms with Gasteiger partial charge in [-0.15, -0.1) is 0 Å². The highest BCUT2D eigenvalue weighted by atomic mass is 35.5. The zero-order chi connectivity index (χ0) is 23.6. The summed E-state index contributed by atoms with van der Waals surface area (Å²) in [6, 6.07) is 22.2. The summed E-state index contributed by atoms with van der Waals surface area (Å²) >= 11 is 6.34. The van der Waals surface area contributed by atoms with Crippen LogP contribution in [0.1, 0.15) is 31.4 Å². The summed E-state index contributed by atoms with van der Waals surface area (Å²) in [6.45, 7) is 4.38. The summed E-state index contributed by atoms with van der Waals surface area (Å²) in [6.07, 6.45) is 1.26. The van der Waals surface area contributed by atoms with Crippen LogP contribution in [0.15, 0.2) is 72.8 Å². The molecule has 1 N–H and O–H groups in total. The van der Waals surface area contributed by atoms with Gasteiger partial charge in [0.25, 0.3) is 0 Å². The van der Waals surface area contributed by atoms with Crippen LogP contribution in [0.4, 0.5) is 5.69 Å². The first-order valence-corrected chi connectivity index (χ1v) is 11.3. The number of aryl methyl sites for hydroxylation is 1. The zero-order valence-corrected chi connectivity index (χ0v) is 19.6. The summed E-state index contributed by atoms with van der Waals surface area (Å²) in [7, 11) is 0. The number of carbonyl (C=O) groups excluding carboxylic acids is 2. The van der Waals surface area contributed by atoms with Crippen molar-refractivity contribution in [3.63, 3.8) is 0 Å². The van der Waals surface area contributed by atoms with Gasteiger partial charge in [-0.05, 0) is 59.9 Å². The summed E-state index contributed by atoms with van der Waals surface area (Å²) in [5, 5.41) is 3.30. The summed E-state index contributed by atoms with van der Waals surface area (Å²) < 4.78 is 11.1. The fourth-order valence-electron chi connectivity index (χ4n) is 3.07. The van der Waals surface area contributed by atoms with Crippen LogP contribution in [-0.4, -0.2) is 18.5 Å². The second-order valence-corrected chi connectivity index (χ2v) is 8.59. The fraction of sp³-hybridized carbons (Fsp3) is 0.259. The molecule has 0 saturated carbocycles. The molecule has 0 atom stereocenters. The normalized spacial score (nSPS) is 10.7. The van der Waals surface area contributed by atoms with Gasteiger partial charge in [-0.3, -0.25) is 9.59 Å². The third kappa shape index (κ3) is 8.28. The van der Waals surface area contributed by atoms with Crippen molar-refractivity contribution in [2.75, 3.05) is 11.9 Å². The molecular weight excluding hydrogens is 438 g/mol. The summed E-state index contributed by atoms with van der Waals surface area (Å²) in [5.74, 6) is 1.04. The maximum Gasteiger partial charge on any atom is 0.310 e. The van der Waals surface area contributed by atoms with Gasteiger partial charge in [-0.25, -0.2) is 0 Å². The Morgan fingerprint density at radius 1 is 0.939 bits per heavy atom. The van der Waals surface area contributed by atoms with Gasteiger partial charge in [0, 0.05) is 12.1 Å². The van der Waals surface area contributed by atoms with Gasteiger partial charge < -0.3 is 14.8 Å². The minimum atomic E-state index is -0.283. The highest BCUT2D eigenvalue weighted by molar-refractivity contribution is 6.32. The highest BCUT2D eigenvalue weighted by Gasteiger charge is 2.10. The third-order valence-electron chi connectivity index (χ3n) is 4.77. The van der Waals surface area contributed by atoms with Crippen molar-refractivity contribution in [1.82, 2.24) is 0 Å². The quantitative estimate of drug-likeness (QED) is 0.349. The van der Waals surface area contributed by atoms with Gasteiger partial charge in [-0.2, -0.15) is 0 Å². The minimum Gasteiger partial charge on any atom is -0.465 e. The van der Waals surface area contributed by atoms with E-state index in [1.165, 1.54) is 0 Å². The molecule has 0 aliphatic rings. The summed E-state index contributed by atoms with van der Waals surface area (Å²) in [5.41, 5.74) is 2.59. The molecule has 6 heteroatoms. The molecule has 172 valence electrons. The number of nitrogens with one attached hydrogen (secondary N) is 1. The molecule has 3 aromatic carbocycles. The van der Waals surface area contributed by atoms with Gasteiger partial charge in [0.15, 0.2) is 0 Å². The average Bonchev–Trinajstić information content (AvgIpc) is 2.80.